The molecule has 0 aliphatic heterocycles. The number of halogens is 1. The number of rotatable bonds is 5. The summed E-state index contributed by atoms with van der Waals surface area (Å²) in [7, 11) is 0. The first kappa shape index (κ1) is 14.4. The van der Waals surface area contributed by atoms with Gasteiger partial charge in [-0.25, -0.2) is 0 Å². The average molecular weight is 347 g/mol. The van der Waals surface area contributed by atoms with Gasteiger partial charge in [0.15, 0.2) is 0 Å². The summed E-state index contributed by atoms with van der Waals surface area (Å²) in [6, 6.07) is 5.77. The van der Waals surface area contributed by atoms with Crippen LogP contribution >= 0.6 is 22.6 Å². The van der Waals surface area contributed by atoms with Gasteiger partial charge < -0.3 is 10.4 Å². The van der Waals surface area contributed by atoms with E-state index in [1.807, 2.05) is 32.0 Å². The fourth-order valence-electron chi connectivity index (χ4n) is 1.56. The second-order valence-electron chi connectivity index (χ2n) is 4.20. The van der Waals surface area contributed by atoms with Gasteiger partial charge in [0.2, 0.25) is 0 Å². The molecule has 1 aromatic rings. The third-order valence-electron chi connectivity index (χ3n) is 2.59. The second kappa shape index (κ2) is 6.96. The highest BCUT2D eigenvalue weighted by Gasteiger charge is 2.10. The maximum absolute atomic E-state index is 11.9. The summed E-state index contributed by atoms with van der Waals surface area (Å²) in [5, 5.41) is 11.6. The third kappa shape index (κ3) is 4.63. The van der Waals surface area contributed by atoms with Crippen molar-refractivity contribution >= 4 is 28.5 Å². The van der Waals surface area contributed by atoms with Crippen molar-refractivity contribution in [1.29, 1.82) is 0 Å². The first-order valence-corrected chi connectivity index (χ1v) is 6.80. The molecule has 0 bridgehead atoms. The molecule has 0 aliphatic carbocycles. The molecule has 0 saturated carbocycles. The molecule has 4 heteroatoms. The molecule has 0 aromatic heterocycles. The largest absolute Gasteiger partial charge is 0.396 e. The van der Waals surface area contributed by atoms with Crippen molar-refractivity contribution in [2.45, 2.75) is 32.7 Å². The SMILES string of the molecule is Cc1cc(C(=O)NC(C)CCCO)ccc1I. The number of nitrogens with one attached hydrogen (secondary N) is 1. The van der Waals surface area contributed by atoms with Crippen LogP contribution in [-0.2, 0) is 0 Å². The van der Waals surface area contributed by atoms with E-state index in [9.17, 15) is 4.79 Å². The number of carbonyl (C=O) groups is 1. The van der Waals surface area contributed by atoms with Gasteiger partial charge in [-0.15, -0.1) is 0 Å². The van der Waals surface area contributed by atoms with E-state index in [2.05, 4.69) is 27.9 Å². The summed E-state index contributed by atoms with van der Waals surface area (Å²) < 4.78 is 1.16. The molecular formula is C13H18INO2. The minimum atomic E-state index is -0.0464. The Bertz CT molecular complexity index is 393. The molecule has 1 aromatic carbocycles. The van der Waals surface area contributed by atoms with Gasteiger partial charge in [-0.2, -0.15) is 0 Å². The number of aryl methyl sites for hydroxylation is 1. The molecule has 0 heterocycles. The molecule has 2 N–H and O–H groups in total. The van der Waals surface area contributed by atoms with Crippen LogP contribution in [0.3, 0.4) is 0 Å². The monoisotopic (exact) mass is 347 g/mol. The minimum absolute atomic E-state index is 0.0464. The van der Waals surface area contributed by atoms with Crippen LogP contribution in [0.15, 0.2) is 18.2 Å². The van der Waals surface area contributed by atoms with Crippen LogP contribution in [0.4, 0.5) is 0 Å². The lowest BCUT2D eigenvalue weighted by molar-refractivity contribution is 0.0936. The number of aliphatic hydroxyl groups is 1. The number of hydrogen-bond acceptors (Lipinski definition) is 2. The van der Waals surface area contributed by atoms with Gasteiger partial charge in [0.25, 0.3) is 5.91 Å². The van der Waals surface area contributed by atoms with E-state index in [-0.39, 0.29) is 18.6 Å². The van der Waals surface area contributed by atoms with Gasteiger partial charge in [-0.05, 0) is 73.0 Å². The number of aliphatic hydroxyl groups excluding tert-OH is 1. The molecule has 17 heavy (non-hydrogen) atoms. The summed E-state index contributed by atoms with van der Waals surface area (Å²) in [4.78, 5) is 11.9. The Labute approximate surface area is 116 Å². The van der Waals surface area contributed by atoms with Crippen LogP contribution in [0.25, 0.3) is 0 Å². The number of amides is 1. The first-order valence-electron chi connectivity index (χ1n) is 5.72. The van der Waals surface area contributed by atoms with Crippen molar-refractivity contribution in [3.8, 4) is 0 Å². The Morgan fingerprint density at radius 1 is 1.53 bits per heavy atom. The molecule has 1 rings (SSSR count). The lowest BCUT2D eigenvalue weighted by Gasteiger charge is -2.13. The predicted octanol–water partition coefficient (Wildman–Crippen LogP) is 2.49. The number of carbonyl (C=O) groups excluding carboxylic acids is 1. The molecular weight excluding hydrogens is 329 g/mol. The highest BCUT2D eigenvalue weighted by atomic mass is 127. The van der Waals surface area contributed by atoms with Crippen LogP contribution in [0.2, 0.25) is 0 Å². The Balaban J connectivity index is 2.60. The van der Waals surface area contributed by atoms with Crippen molar-refractivity contribution in [1.82, 2.24) is 5.32 Å². The molecule has 94 valence electrons. The average Bonchev–Trinajstić information content (AvgIpc) is 2.30. The molecule has 1 unspecified atom stereocenters. The Morgan fingerprint density at radius 2 is 2.24 bits per heavy atom. The maximum Gasteiger partial charge on any atom is 0.251 e. The fraction of sp³-hybridized carbons (Fsp3) is 0.462. The zero-order valence-electron chi connectivity index (χ0n) is 10.2. The van der Waals surface area contributed by atoms with Crippen LogP contribution in [-0.4, -0.2) is 23.7 Å². The summed E-state index contributed by atoms with van der Waals surface area (Å²) in [6.07, 6.45) is 1.51. The third-order valence-corrected chi connectivity index (χ3v) is 3.80. The minimum Gasteiger partial charge on any atom is -0.396 e. The van der Waals surface area contributed by atoms with Gasteiger partial charge in [-0.3, -0.25) is 4.79 Å². The van der Waals surface area contributed by atoms with E-state index in [1.165, 1.54) is 0 Å². The van der Waals surface area contributed by atoms with Crippen molar-refractivity contribution in [2.24, 2.45) is 0 Å². The van der Waals surface area contributed by atoms with E-state index >= 15 is 0 Å². The molecule has 0 spiro atoms. The molecule has 0 saturated heterocycles. The van der Waals surface area contributed by atoms with E-state index in [0.717, 1.165) is 15.6 Å². The van der Waals surface area contributed by atoms with E-state index in [4.69, 9.17) is 5.11 Å². The quantitative estimate of drug-likeness (QED) is 0.804. The van der Waals surface area contributed by atoms with Crippen molar-refractivity contribution in [3.63, 3.8) is 0 Å². The smallest absolute Gasteiger partial charge is 0.251 e. The van der Waals surface area contributed by atoms with Gasteiger partial charge >= 0.3 is 0 Å². The highest BCUT2D eigenvalue weighted by Crippen LogP contribution is 2.13. The predicted molar refractivity (Wildman–Crippen MR) is 77.1 cm³/mol. The first-order chi connectivity index (χ1) is 8.04. The molecule has 0 fully saturated rings. The van der Waals surface area contributed by atoms with Crippen LogP contribution in [0.5, 0.6) is 0 Å². The van der Waals surface area contributed by atoms with E-state index in [0.29, 0.717) is 12.0 Å². The molecule has 1 amide bonds. The van der Waals surface area contributed by atoms with E-state index < -0.39 is 0 Å². The summed E-state index contributed by atoms with van der Waals surface area (Å²) in [6.45, 7) is 4.11. The summed E-state index contributed by atoms with van der Waals surface area (Å²) in [5.41, 5.74) is 1.81. The molecule has 0 aliphatic rings. The van der Waals surface area contributed by atoms with Crippen molar-refractivity contribution in [3.05, 3.63) is 32.9 Å². The topological polar surface area (TPSA) is 49.3 Å². The molecule has 1 atom stereocenters. The zero-order valence-corrected chi connectivity index (χ0v) is 12.3. The van der Waals surface area contributed by atoms with E-state index in [1.54, 1.807) is 0 Å². The van der Waals surface area contributed by atoms with Crippen molar-refractivity contribution in [2.75, 3.05) is 6.61 Å². The summed E-state index contributed by atoms with van der Waals surface area (Å²) >= 11 is 2.25. The van der Waals surface area contributed by atoms with Crippen LogP contribution in [0, 0.1) is 10.5 Å². The van der Waals surface area contributed by atoms with Gasteiger partial charge in [-0.1, -0.05) is 0 Å². The Morgan fingerprint density at radius 3 is 2.82 bits per heavy atom. The Kier molecular flexibility index (Phi) is 5.91. The normalized spacial score (nSPS) is 12.2. The number of hydrogen-bond donors (Lipinski definition) is 2. The lowest BCUT2D eigenvalue weighted by atomic mass is 10.1. The number of benzene rings is 1. The molecule has 3 nitrogen and oxygen atoms in total. The lowest BCUT2D eigenvalue weighted by Crippen LogP contribution is -2.32. The standard InChI is InChI=1S/C13H18INO2/c1-9-8-11(5-6-12(9)14)13(17)15-10(2)4-3-7-16/h5-6,8,10,16H,3-4,7H2,1-2H3,(H,15,17). The second-order valence-corrected chi connectivity index (χ2v) is 5.37. The van der Waals surface area contributed by atoms with Gasteiger partial charge in [0, 0.05) is 21.8 Å². The maximum atomic E-state index is 11.9. The fourth-order valence-corrected chi connectivity index (χ4v) is 1.90. The van der Waals surface area contributed by atoms with Gasteiger partial charge in [0.1, 0.15) is 0 Å². The van der Waals surface area contributed by atoms with Gasteiger partial charge in [0.05, 0.1) is 0 Å². The zero-order chi connectivity index (χ0) is 12.8. The molecule has 0 radical (unpaired) electrons. The van der Waals surface area contributed by atoms with Crippen LogP contribution < -0.4 is 5.32 Å². The van der Waals surface area contributed by atoms with Crippen LogP contribution in [0.1, 0.15) is 35.7 Å². The summed E-state index contributed by atoms with van der Waals surface area (Å²) in [5.74, 6) is -0.0464. The van der Waals surface area contributed by atoms with Crippen molar-refractivity contribution < 1.29 is 9.90 Å². The highest BCUT2D eigenvalue weighted by molar-refractivity contribution is 14.1. The Hall–Kier alpha value is -0.620.